The van der Waals surface area contributed by atoms with E-state index in [-0.39, 0.29) is 0 Å². The molecule has 1 aromatic carbocycles. The van der Waals surface area contributed by atoms with Gasteiger partial charge in [0.2, 0.25) is 5.96 Å². The first-order chi connectivity index (χ1) is 9.81. The normalized spacial score (nSPS) is 18.3. The predicted octanol–water partition coefficient (Wildman–Crippen LogP) is 3.44. The standard InChI is InChI=1S/C17H21N3/c1-4-6-10-15(5-2)19-13-14-20(17(19)18-3)16-11-8-7-9-12-16/h4-12H,1,13-14H2,2-3H3/b10-6-,15-5+,18-17?. The summed E-state index contributed by atoms with van der Waals surface area (Å²) in [5.41, 5.74) is 2.32. The number of anilines is 1. The molecule has 0 aromatic heterocycles. The Kier molecular flexibility index (Phi) is 4.77. The van der Waals surface area contributed by atoms with Gasteiger partial charge in [-0.05, 0) is 25.1 Å². The zero-order chi connectivity index (χ0) is 14.4. The molecule has 20 heavy (non-hydrogen) atoms. The van der Waals surface area contributed by atoms with Crippen LogP contribution in [0.4, 0.5) is 5.69 Å². The molecule has 0 unspecified atom stereocenters. The summed E-state index contributed by atoms with van der Waals surface area (Å²) in [5, 5.41) is 0. The van der Waals surface area contributed by atoms with Crippen LogP contribution in [0.5, 0.6) is 0 Å². The Balaban J connectivity index is 2.27. The molecule has 1 heterocycles. The summed E-state index contributed by atoms with van der Waals surface area (Å²) in [4.78, 5) is 8.94. The number of rotatable bonds is 4. The van der Waals surface area contributed by atoms with E-state index in [1.165, 1.54) is 5.69 Å². The van der Waals surface area contributed by atoms with E-state index < -0.39 is 0 Å². The molecular weight excluding hydrogens is 246 g/mol. The molecule has 1 aliphatic rings. The van der Waals surface area contributed by atoms with Crippen LogP contribution >= 0.6 is 0 Å². The van der Waals surface area contributed by atoms with Crippen LogP contribution in [0.3, 0.4) is 0 Å². The number of allylic oxidation sites excluding steroid dienone is 4. The fourth-order valence-electron chi connectivity index (χ4n) is 2.39. The molecular formula is C17H21N3. The minimum absolute atomic E-state index is 0.933. The van der Waals surface area contributed by atoms with E-state index in [9.17, 15) is 0 Å². The Morgan fingerprint density at radius 1 is 1.25 bits per heavy atom. The van der Waals surface area contributed by atoms with Gasteiger partial charge in [-0.1, -0.05) is 43.0 Å². The quantitative estimate of drug-likeness (QED) is 0.778. The molecule has 0 N–H and O–H groups in total. The van der Waals surface area contributed by atoms with Gasteiger partial charge in [-0.3, -0.25) is 4.99 Å². The molecule has 3 nitrogen and oxygen atoms in total. The Morgan fingerprint density at radius 3 is 2.60 bits per heavy atom. The summed E-state index contributed by atoms with van der Waals surface area (Å²) in [6, 6.07) is 10.4. The molecule has 0 radical (unpaired) electrons. The second-order valence-corrected chi connectivity index (χ2v) is 4.47. The topological polar surface area (TPSA) is 18.8 Å². The van der Waals surface area contributed by atoms with E-state index in [0.717, 1.165) is 24.7 Å². The van der Waals surface area contributed by atoms with E-state index in [2.05, 4.69) is 57.8 Å². The number of aliphatic imine (C=N–C) groups is 1. The van der Waals surface area contributed by atoms with E-state index in [1.807, 2.05) is 26.1 Å². The zero-order valence-electron chi connectivity index (χ0n) is 12.2. The molecule has 1 aromatic rings. The average molecular weight is 267 g/mol. The molecule has 1 saturated heterocycles. The third-order valence-corrected chi connectivity index (χ3v) is 3.31. The van der Waals surface area contributed by atoms with E-state index in [0.29, 0.717) is 0 Å². The number of nitrogens with zero attached hydrogens (tertiary/aromatic N) is 3. The van der Waals surface area contributed by atoms with Gasteiger partial charge < -0.3 is 9.80 Å². The summed E-state index contributed by atoms with van der Waals surface area (Å²) in [7, 11) is 1.84. The molecule has 1 aliphatic heterocycles. The highest BCUT2D eigenvalue weighted by molar-refractivity contribution is 5.99. The summed E-state index contributed by atoms with van der Waals surface area (Å²) in [6.45, 7) is 7.64. The Morgan fingerprint density at radius 2 is 2.00 bits per heavy atom. The average Bonchev–Trinajstić information content (AvgIpc) is 2.93. The van der Waals surface area contributed by atoms with Crippen molar-refractivity contribution in [3.05, 3.63) is 66.9 Å². The van der Waals surface area contributed by atoms with E-state index >= 15 is 0 Å². The maximum Gasteiger partial charge on any atom is 0.205 e. The molecule has 3 heteroatoms. The Hall–Kier alpha value is -2.29. The Bertz CT molecular complexity index is 541. The lowest BCUT2D eigenvalue weighted by Crippen LogP contribution is -2.32. The molecule has 0 spiro atoms. The third kappa shape index (κ3) is 2.82. The molecule has 2 rings (SSSR count). The molecule has 0 amide bonds. The molecule has 0 bridgehead atoms. The highest BCUT2D eigenvalue weighted by Gasteiger charge is 2.28. The minimum Gasteiger partial charge on any atom is -0.311 e. The molecule has 0 atom stereocenters. The van der Waals surface area contributed by atoms with Gasteiger partial charge in [-0.25, -0.2) is 0 Å². The summed E-state index contributed by atoms with van der Waals surface area (Å²) < 4.78 is 0. The first-order valence-corrected chi connectivity index (χ1v) is 6.84. The third-order valence-electron chi connectivity index (χ3n) is 3.31. The van der Waals surface area contributed by atoms with Crippen molar-refractivity contribution in [2.75, 3.05) is 25.0 Å². The zero-order valence-corrected chi connectivity index (χ0v) is 12.2. The number of para-hydroxylation sites is 1. The molecule has 0 aliphatic carbocycles. The maximum atomic E-state index is 4.47. The van der Waals surface area contributed by atoms with Crippen molar-refractivity contribution in [2.24, 2.45) is 4.99 Å². The van der Waals surface area contributed by atoms with Gasteiger partial charge in [0.05, 0.1) is 0 Å². The van der Waals surface area contributed by atoms with Crippen molar-refractivity contribution in [1.82, 2.24) is 4.90 Å². The van der Waals surface area contributed by atoms with Crippen LogP contribution in [0.2, 0.25) is 0 Å². The number of benzene rings is 1. The number of hydrogen-bond donors (Lipinski definition) is 0. The number of guanidine groups is 1. The largest absolute Gasteiger partial charge is 0.311 e. The van der Waals surface area contributed by atoms with Crippen molar-refractivity contribution < 1.29 is 0 Å². The molecule has 0 saturated carbocycles. The summed E-state index contributed by atoms with van der Waals surface area (Å²) in [5.74, 6) is 0.984. The monoisotopic (exact) mass is 267 g/mol. The van der Waals surface area contributed by atoms with Crippen LogP contribution < -0.4 is 4.90 Å². The van der Waals surface area contributed by atoms with Crippen LogP contribution in [0.1, 0.15) is 6.92 Å². The molecule has 1 fully saturated rings. The lowest BCUT2D eigenvalue weighted by atomic mass is 10.3. The van der Waals surface area contributed by atoms with Crippen LogP contribution in [0.15, 0.2) is 71.9 Å². The van der Waals surface area contributed by atoms with E-state index in [1.54, 1.807) is 6.08 Å². The maximum absolute atomic E-state index is 4.47. The first-order valence-electron chi connectivity index (χ1n) is 6.84. The van der Waals surface area contributed by atoms with E-state index in [4.69, 9.17) is 0 Å². The second-order valence-electron chi connectivity index (χ2n) is 4.47. The minimum atomic E-state index is 0.933. The molecule has 104 valence electrons. The first kappa shape index (κ1) is 14.1. The van der Waals surface area contributed by atoms with Crippen molar-refractivity contribution in [1.29, 1.82) is 0 Å². The van der Waals surface area contributed by atoms with Gasteiger partial charge in [-0.2, -0.15) is 0 Å². The van der Waals surface area contributed by atoms with Gasteiger partial charge >= 0.3 is 0 Å². The SMILES string of the molecule is C=C/C=C\C(=C/C)N1CCN(c2ccccc2)C1=NC. The van der Waals surface area contributed by atoms with Crippen molar-refractivity contribution >= 4 is 11.6 Å². The fourth-order valence-corrected chi connectivity index (χ4v) is 2.39. The van der Waals surface area contributed by atoms with Crippen LogP contribution in [0, 0.1) is 0 Å². The van der Waals surface area contributed by atoms with Gasteiger partial charge in [-0.15, -0.1) is 0 Å². The van der Waals surface area contributed by atoms with Crippen molar-refractivity contribution in [2.45, 2.75) is 6.92 Å². The lowest BCUT2D eigenvalue weighted by molar-refractivity contribution is 0.584. The van der Waals surface area contributed by atoms with Crippen LogP contribution in [-0.4, -0.2) is 31.0 Å². The second kappa shape index (κ2) is 6.75. The summed E-state index contributed by atoms with van der Waals surface area (Å²) >= 11 is 0. The highest BCUT2D eigenvalue weighted by Crippen LogP contribution is 2.23. The van der Waals surface area contributed by atoms with Gasteiger partial charge in [0, 0.05) is 31.5 Å². The number of hydrogen-bond acceptors (Lipinski definition) is 1. The van der Waals surface area contributed by atoms with Crippen molar-refractivity contribution in [3.8, 4) is 0 Å². The van der Waals surface area contributed by atoms with Crippen LogP contribution in [0.25, 0.3) is 0 Å². The predicted molar refractivity (Wildman–Crippen MR) is 86.9 cm³/mol. The smallest absolute Gasteiger partial charge is 0.205 e. The summed E-state index contributed by atoms with van der Waals surface area (Å²) in [6.07, 6.45) is 7.90. The van der Waals surface area contributed by atoms with Crippen molar-refractivity contribution in [3.63, 3.8) is 0 Å². The van der Waals surface area contributed by atoms with Crippen LogP contribution in [-0.2, 0) is 0 Å². The fraction of sp³-hybridized carbons (Fsp3) is 0.235. The Labute approximate surface area is 121 Å². The highest BCUT2D eigenvalue weighted by atomic mass is 15.4. The lowest BCUT2D eigenvalue weighted by Gasteiger charge is -2.23. The van der Waals surface area contributed by atoms with Gasteiger partial charge in [0.1, 0.15) is 0 Å². The van der Waals surface area contributed by atoms with Gasteiger partial charge in [0.15, 0.2) is 0 Å². The van der Waals surface area contributed by atoms with Gasteiger partial charge in [0.25, 0.3) is 0 Å².